The minimum Gasteiger partial charge on any atom is -0.494 e. The van der Waals surface area contributed by atoms with Gasteiger partial charge in [-0.15, -0.1) is 0 Å². The zero-order chi connectivity index (χ0) is 15.0. The van der Waals surface area contributed by atoms with Crippen LogP contribution >= 0.6 is 15.9 Å². The van der Waals surface area contributed by atoms with Crippen molar-refractivity contribution >= 4 is 38.7 Å². The van der Waals surface area contributed by atoms with Crippen molar-refractivity contribution in [2.24, 2.45) is 4.99 Å². The third kappa shape index (κ3) is 2.72. The van der Waals surface area contributed by atoms with E-state index in [9.17, 15) is 5.11 Å². The first-order chi connectivity index (χ1) is 10.0. The van der Waals surface area contributed by atoms with Crippen molar-refractivity contribution in [2.75, 3.05) is 0 Å². The van der Waals surface area contributed by atoms with Crippen LogP contribution in [0.5, 0.6) is 5.88 Å². The lowest BCUT2D eigenvalue weighted by Gasteiger charge is -2.00. The van der Waals surface area contributed by atoms with Crippen LogP contribution in [0.25, 0.3) is 10.9 Å². The van der Waals surface area contributed by atoms with E-state index < -0.39 is 0 Å². The van der Waals surface area contributed by atoms with Gasteiger partial charge in [-0.1, -0.05) is 22.0 Å². The van der Waals surface area contributed by atoms with Crippen LogP contribution in [0.3, 0.4) is 0 Å². The molecule has 1 aromatic heterocycles. The Bertz CT molecular complexity index is 849. The van der Waals surface area contributed by atoms with E-state index in [0.717, 1.165) is 21.1 Å². The van der Waals surface area contributed by atoms with E-state index in [0.29, 0.717) is 5.56 Å². The summed E-state index contributed by atoms with van der Waals surface area (Å²) in [5, 5.41) is 11.0. The molecule has 0 radical (unpaired) electrons. The number of benzene rings is 2. The van der Waals surface area contributed by atoms with Gasteiger partial charge >= 0.3 is 0 Å². The largest absolute Gasteiger partial charge is 0.494 e. The number of hydrogen-bond donors (Lipinski definition) is 2. The summed E-state index contributed by atoms with van der Waals surface area (Å²) in [4.78, 5) is 7.43. The van der Waals surface area contributed by atoms with E-state index in [1.54, 1.807) is 6.21 Å². The summed E-state index contributed by atoms with van der Waals surface area (Å²) < 4.78 is 0.967. The summed E-state index contributed by atoms with van der Waals surface area (Å²) in [5.74, 6) is 0.135. The number of aromatic nitrogens is 1. The van der Waals surface area contributed by atoms with Crippen LogP contribution in [0.15, 0.2) is 45.9 Å². The highest BCUT2D eigenvalue weighted by Gasteiger charge is 2.09. The Morgan fingerprint density at radius 3 is 2.67 bits per heavy atom. The second-order valence-electron chi connectivity index (χ2n) is 5.10. The van der Waals surface area contributed by atoms with Gasteiger partial charge in [-0.25, -0.2) is 0 Å². The van der Waals surface area contributed by atoms with Crippen molar-refractivity contribution in [1.82, 2.24) is 4.98 Å². The Morgan fingerprint density at radius 1 is 1.10 bits per heavy atom. The zero-order valence-corrected chi connectivity index (χ0v) is 13.4. The number of nitrogens with zero attached hydrogens (tertiary/aromatic N) is 1. The number of aliphatic imine (C=N–C) groups is 1. The molecule has 0 fully saturated rings. The van der Waals surface area contributed by atoms with Gasteiger partial charge in [-0.3, -0.25) is 4.99 Å². The van der Waals surface area contributed by atoms with Crippen LogP contribution < -0.4 is 0 Å². The molecule has 0 saturated carbocycles. The number of fused-ring (bicyclic) bond motifs is 1. The lowest BCUT2D eigenvalue weighted by molar-refractivity contribution is 0.457. The van der Waals surface area contributed by atoms with E-state index in [2.05, 4.69) is 39.8 Å². The summed E-state index contributed by atoms with van der Waals surface area (Å²) in [5.41, 5.74) is 4.91. The number of H-pyrrole nitrogens is 1. The average Bonchev–Trinajstić information content (AvgIpc) is 2.75. The summed E-state index contributed by atoms with van der Waals surface area (Å²) >= 11 is 3.45. The lowest BCUT2D eigenvalue weighted by atomic mass is 10.1. The molecule has 3 aromatic rings. The number of aromatic hydroxyl groups is 1. The fraction of sp³-hybridized carbons (Fsp3) is 0.118. The molecule has 2 aromatic carbocycles. The summed E-state index contributed by atoms with van der Waals surface area (Å²) in [6, 6.07) is 11.9. The molecule has 0 unspecified atom stereocenters. The number of aryl methyl sites for hydroxylation is 2. The van der Waals surface area contributed by atoms with Gasteiger partial charge in [0.15, 0.2) is 5.88 Å². The molecule has 0 aliphatic heterocycles. The molecule has 3 nitrogen and oxygen atoms in total. The minimum atomic E-state index is 0.135. The van der Waals surface area contributed by atoms with Gasteiger partial charge in [-0.05, 0) is 55.3 Å². The fourth-order valence-corrected chi connectivity index (χ4v) is 2.61. The highest BCUT2D eigenvalue weighted by atomic mass is 79.9. The van der Waals surface area contributed by atoms with Crippen molar-refractivity contribution in [3.8, 4) is 5.88 Å². The van der Waals surface area contributed by atoms with Crippen LogP contribution in [-0.4, -0.2) is 16.3 Å². The van der Waals surface area contributed by atoms with E-state index >= 15 is 0 Å². The molecule has 1 heterocycles. The van der Waals surface area contributed by atoms with Gasteiger partial charge in [0.1, 0.15) is 0 Å². The van der Waals surface area contributed by atoms with Gasteiger partial charge in [0.05, 0.1) is 11.3 Å². The van der Waals surface area contributed by atoms with Gasteiger partial charge in [0.25, 0.3) is 0 Å². The van der Waals surface area contributed by atoms with Gasteiger partial charge < -0.3 is 10.1 Å². The van der Waals surface area contributed by atoms with Crippen molar-refractivity contribution in [3.63, 3.8) is 0 Å². The number of aromatic amines is 1. The normalized spacial score (nSPS) is 11.6. The van der Waals surface area contributed by atoms with Crippen molar-refractivity contribution in [1.29, 1.82) is 0 Å². The predicted octanol–water partition coefficient (Wildman–Crippen LogP) is 5.00. The second-order valence-corrected chi connectivity index (χ2v) is 6.02. The molecule has 0 amide bonds. The zero-order valence-electron chi connectivity index (χ0n) is 11.8. The maximum atomic E-state index is 10.0. The fourth-order valence-electron chi connectivity index (χ4n) is 2.25. The average molecular weight is 343 g/mol. The van der Waals surface area contributed by atoms with Crippen LogP contribution in [0, 0.1) is 13.8 Å². The first-order valence-electron chi connectivity index (χ1n) is 6.66. The highest BCUT2D eigenvalue weighted by molar-refractivity contribution is 9.10. The molecule has 0 spiro atoms. The van der Waals surface area contributed by atoms with E-state index in [1.165, 1.54) is 11.1 Å². The SMILES string of the molecule is Cc1ccc(N=Cc2c(O)[nH]c3ccc(Br)cc23)cc1C. The van der Waals surface area contributed by atoms with Crippen LogP contribution in [0.4, 0.5) is 5.69 Å². The standard InChI is InChI=1S/C17H15BrN2O/c1-10-3-5-13(7-11(10)2)19-9-15-14-8-12(18)4-6-16(14)20-17(15)21/h3-9,20-21H,1-2H3. The quantitative estimate of drug-likeness (QED) is 0.632. The second kappa shape index (κ2) is 5.37. The van der Waals surface area contributed by atoms with E-state index in [4.69, 9.17) is 0 Å². The van der Waals surface area contributed by atoms with Crippen LogP contribution in [-0.2, 0) is 0 Å². The Morgan fingerprint density at radius 2 is 1.90 bits per heavy atom. The highest BCUT2D eigenvalue weighted by Crippen LogP contribution is 2.29. The monoisotopic (exact) mass is 342 g/mol. The van der Waals surface area contributed by atoms with Crippen molar-refractivity contribution in [2.45, 2.75) is 13.8 Å². The Kier molecular flexibility index (Phi) is 3.55. The molecule has 4 heteroatoms. The summed E-state index contributed by atoms with van der Waals surface area (Å²) in [6.07, 6.45) is 1.70. The minimum absolute atomic E-state index is 0.135. The van der Waals surface area contributed by atoms with Crippen LogP contribution in [0.1, 0.15) is 16.7 Å². The molecule has 0 bridgehead atoms. The first kappa shape index (κ1) is 13.9. The third-order valence-electron chi connectivity index (χ3n) is 3.61. The van der Waals surface area contributed by atoms with E-state index in [-0.39, 0.29) is 5.88 Å². The maximum absolute atomic E-state index is 10.0. The van der Waals surface area contributed by atoms with Crippen molar-refractivity contribution in [3.05, 3.63) is 57.6 Å². The van der Waals surface area contributed by atoms with Gasteiger partial charge in [-0.2, -0.15) is 0 Å². The molecule has 0 saturated heterocycles. The Labute approximate surface area is 131 Å². The number of hydrogen-bond acceptors (Lipinski definition) is 2. The van der Waals surface area contributed by atoms with Crippen LogP contribution in [0.2, 0.25) is 0 Å². The lowest BCUT2D eigenvalue weighted by Crippen LogP contribution is -1.81. The molecular weight excluding hydrogens is 328 g/mol. The molecule has 0 aliphatic carbocycles. The number of nitrogens with one attached hydrogen (secondary N) is 1. The number of halogens is 1. The molecule has 21 heavy (non-hydrogen) atoms. The molecule has 0 atom stereocenters. The summed E-state index contributed by atoms with van der Waals surface area (Å²) in [7, 11) is 0. The predicted molar refractivity (Wildman–Crippen MR) is 90.8 cm³/mol. The van der Waals surface area contributed by atoms with E-state index in [1.807, 2.05) is 36.4 Å². The number of rotatable bonds is 2. The topological polar surface area (TPSA) is 48.4 Å². The summed E-state index contributed by atoms with van der Waals surface area (Å²) in [6.45, 7) is 4.14. The smallest absolute Gasteiger partial charge is 0.198 e. The van der Waals surface area contributed by atoms with Gasteiger partial charge in [0, 0.05) is 21.6 Å². The van der Waals surface area contributed by atoms with Gasteiger partial charge in [0.2, 0.25) is 0 Å². The molecular formula is C17H15BrN2O. The van der Waals surface area contributed by atoms with Crippen molar-refractivity contribution < 1.29 is 5.11 Å². The molecule has 3 rings (SSSR count). The maximum Gasteiger partial charge on any atom is 0.198 e. The third-order valence-corrected chi connectivity index (χ3v) is 4.11. The Hall–Kier alpha value is -2.07. The Balaban J connectivity index is 2.04. The molecule has 2 N–H and O–H groups in total. The first-order valence-corrected chi connectivity index (χ1v) is 7.45. The molecule has 0 aliphatic rings. The molecule has 106 valence electrons.